The molecule has 8 heteroatoms. The van der Waals surface area contributed by atoms with E-state index in [0.29, 0.717) is 39.3 Å². The molecular formula is C24H19Cl2NO5. The van der Waals surface area contributed by atoms with Gasteiger partial charge in [-0.3, -0.25) is 9.59 Å². The lowest BCUT2D eigenvalue weighted by Gasteiger charge is -2.24. The summed E-state index contributed by atoms with van der Waals surface area (Å²) < 4.78 is 10.9. The Morgan fingerprint density at radius 1 is 1.12 bits per heavy atom. The van der Waals surface area contributed by atoms with Gasteiger partial charge in [0.2, 0.25) is 0 Å². The highest BCUT2D eigenvalue weighted by atomic mass is 35.5. The third-order valence-corrected chi connectivity index (χ3v) is 5.70. The number of amides is 1. The van der Waals surface area contributed by atoms with Crippen molar-refractivity contribution in [2.75, 3.05) is 6.61 Å². The highest BCUT2D eigenvalue weighted by molar-refractivity contribution is 6.46. The molecule has 1 atom stereocenters. The van der Waals surface area contributed by atoms with Crippen molar-refractivity contribution >= 4 is 40.7 Å². The van der Waals surface area contributed by atoms with Crippen LogP contribution in [0.3, 0.4) is 0 Å². The number of rotatable bonds is 6. The van der Waals surface area contributed by atoms with Crippen molar-refractivity contribution in [1.29, 1.82) is 0 Å². The molecule has 0 saturated carbocycles. The monoisotopic (exact) mass is 471 g/mol. The highest BCUT2D eigenvalue weighted by Gasteiger charge is 2.46. The summed E-state index contributed by atoms with van der Waals surface area (Å²) in [6.07, 6.45) is 1.49. The van der Waals surface area contributed by atoms with E-state index < -0.39 is 17.7 Å². The number of Topliss-reactive ketones (excluding diaryl/α,β-unsaturated/α-hetero) is 1. The second kappa shape index (κ2) is 9.10. The number of likely N-dealkylation sites (tertiary alicyclic amines) is 1. The number of benzene rings is 2. The lowest BCUT2D eigenvalue weighted by Crippen LogP contribution is -2.29. The van der Waals surface area contributed by atoms with E-state index >= 15 is 0 Å². The molecule has 1 N–H and O–H groups in total. The third-order valence-electron chi connectivity index (χ3n) is 5.14. The minimum Gasteiger partial charge on any atom is -0.507 e. The van der Waals surface area contributed by atoms with Crippen LogP contribution < -0.4 is 4.74 Å². The fourth-order valence-corrected chi connectivity index (χ4v) is 3.98. The molecule has 0 spiro atoms. The van der Waals surface area contributed by atoms with E-state index in [1.54, 1.807) is 54.6 Å². The van der Waals surface area contributed by atoms with Crippen LogP contribution in [0.25, 0.3) is 5.76 Å². The van der Waals surface area contributed by atoms with E-state index in [-0.39, 0.29) is 17.9 Å². The number of nitrogens with zero attached hydrogens (tertiary/aromatic N) is 1. The molecule has 32 heavy (non-hydrogen) atoms. The van der Waals surface area contributed by atoms with Crippen LogP contribution in [0.15, 0.2) is 70.9 Å². The van der Waals surface area contributed by atoms with Crippen LogP contribution in [-0.2, 0) is 16.1 Å². The van der Waals surface area contributed by atoms with Crippen LogP contribution in [0.5, 0.6) is 5.75 Å². The third kappa shape index (κ3) is 4.11. The van der Waals surface area contributed by atoms with E-state index in [9.17, 15) is 14.7 Å². The Morgan fingerprint density at radius 3 is 2.53 bits per heavy atom. The number of halogens is 2. The summed E-state index contributed by atoms with van der Waals surface area (Å²) in [6, 6.07) is 14.0. The van der Waals surface area contributed by atoms with E-state index in [1.165, 1.54) is 11.2 Å². The lowest BCUT2D eigenvalue weighted by molar-refractivity contribution is -0.140. The van der Waals surface area contributed by atoms with Gasteiger partial charge in [0.05, 0.1) is 36.1 Å². The number of ketones is 1. The van der Waals surface area contributed by atoms with Crippen molar-refractivity contribution in [3.63, 3.8) is 0 Å². The summed E-state index contributed by atoms with van der Waals surface area (Å²) >= 11 is 12.2. The van der Waals surface area contributed by atoms with Gasteiger partial charge in [0.25, 0.3) is 11.7 Å². The molecule has 1 amide bonds. The number of hydrogen-bond acceptors (Lipinski definition) is 5. The van der Waals surface area contributed by atoms with Gasteiger partial charge in [-0.25, -0.2) is 0 Å². The second-order valence-corrected chi connectivity index (χ2v) is 7.98. The Balaban J connectivity index is 1.86. The smallest absolute Gasteiger partial charge is 0.296 e. The van der Waals surface area contributed by atoms with Gasteiger partial charge in [-0.1, -0.05) is 35.3 Å². The molecule has 1 fully saturated rings. The maximum absolute atomic E-state index is 13.1. The minimum absolute atomic E-state index is 0.0337. The Labute approximate surface area is 194 Å². The number of furan rings is 1. The molecule has 1 unspecified atom stereocenters. The molecule has 0 radical (unpaired) electrons. The van der Waals surface area contributed by atoms with Crippen LogP contribution in [0.2, 0.25) is 10.0 Å². The quantitative estimate of drug-likeness (QED) is 0.287. The van der Waals surface area contributed by atoms with Crippen molar-refractivity contribution in [1.82, 2.24) is 4.90 Å². The SMILES string of the molecule is CCOc1cc(/C(O)=C2/C(=O)C(=O)N(Cc3ccco3)C2c2ccc(Cl)cc2)ccc1Cl. The topological polar surface area (TPSA) is 80.0 Å². The largest absolute Gasteiger partial charge is 0.507 e. The van der Waals surface area contributed by atoms with Crippen LogP contribution in [-0.4, -0.2) is 28.3 Å². The van der Waals surface area contributed by atoms with Crippen molar-refractivity contribution in [3.8, 4) is 5.75 Å². The number of ether oxygens (including phenoxy) is 1. The van der Waals surface area contributed by atoms with E-state index in [0.717, 1.165) is 0 Å². The van der Waals surface area contributed by atoms with Gasteiger partial charge in [-0.2, -0.15) is 0 Å². The zero-order valence-electron chi connectivity index (χ0n) is 17.0. The Kier molecular flexibility index (Phi) is 6.26. The van der Waals surface area contributed by atoms with Gasteiger partial charge < -0.3 is 19.2 Å². The predicted molar refractivity (Wildman–Crippen MR) is 121 cm³/mol. The molecule has 0 aliphatic carbocycles. The van der Waals surface area contributed by atoms with Gasteiger partial charge in [-0.05, 0) is 55.0 Å². The number of aliphatic hydroxyl groups is 1. The van der Waals surface area contributed by atoms with Crippen LogP contribution >= 0.6 is 23.2 Å². The predicted octanol–water partition coefficient (Wildman–Crippen LogP) is 5.61. The van der Waals surface area contributed by atoms with Gasteiger partial charge >= 0.3 is 0 Å². The van der Waals surface area contributed by atoms with E-state index in [4.69, 9.17) is 32.4 Å². The summed E-state index contributed by atoms with van der Waals surface area (Å²) in [5, 5.41) is 12.0. The maximum atomic E-state index is 13.1. The number of aliphatic hydroxyl groups excluding tert-OH is 1. The zero-order chi connectivity index (χ0) is 22.8. The Morgan fingerprint density at radius 2 is 1.88 bits per heavy atom. The fraction of sp³-hybridized carbons (Fsp3) is 0.167. The number of carbonyl (C=O) groups excluding carboxylic acids is 2. The highest BCUT2D eigenvalue weighted by Crippen LogP contribution is 2.41. The first-order chi connectivity index (χ1) is 15.4. The van der Waals surface area contributed by atoms with Gasteiger partial charge in [0.1, 0.15) is 17.3 Å². The van der Waals surface area contributed by atoms with E-state index in [1.807, 2.05) is 6.92 Å². The maximum Gasteiger partial charge on any atom is 0.296 e. The molecule has 3 aromatic rings. The minimum atomic E-state index is -0.830. The number of carbonyl (C=O) groups is 2. The Hall–Kier alpha value is -3.22. The molecule has 1 aliphatic rings. The fourth-order valence-electron chi connectivity index (χ4n) is 3.68. The van der Waals surface area contributed by atoms with Crippen molar-refractivity contribution in [2.45, 2.75) is 19.5 Å². The normalized spacial score (nSPS) is 17.7. The first-order valence-electron chi connectivity index (χ1n) is 9.89. The zero-order valence-corrected chi connectivity index (χ0v) is 18.6. The molecule has 4 rings (SSSR count). The Bertz CT molecular complexity index is 1190. The van der Waals surface area contributed by atoms with Gasteiger partial charge in [-0.15, -0.1) is 0 Å². The standard InChI is InChI=1S/C24H19Cl2NO5/c1-2-31-19-12-15(7-10-18(19)26)22(28)20-21(14-5-8-16(25)9-6-14)27(24(30)23(20)29)13-17-4-3-11-32-17/h3-12,21,28H,2,13H2,1H3/b22-20-. The molecule has 0 bridgehead atoms. The average Bonchev–Trinajstić information content (AvgIpc) is 3.38. The van der Waals surface area contributed by atoms with Crippen LogP contribution in [0.4, 0.5) is 0 Å². The van der Waals surface area contributed by atoms with Gasteiger partial charge in [0, 0.05) is 10.6 Å². The van der Waals surface area contributed by atoms with Crippen LogP contribution in [0.1, 0.15) is 29.9 Å². The molecule has 164 valence electrons. The lowest BCUT2D eigenvalue weighted by atomic mass is 9.95. The molecule has 1 saturated heterocycles. The van der Waals surface area contributed by atoms with Crippen molar-refractivity contribution in [2.24, 2.45) is 0 Å². The summed E-state index contributed by atoms with van der Waals surface area (Å²) in [5.41, 5.74) is 0.905. The molecule has 1 aromatic heterocycles. The summed E-state index contributed by atoms with van der Waals surface area (Å²) in [6.45, 7) is 2.25. The summed E-state index contributed by atoms with van der Waals surface area (Å²) in [4.78, 5) is 27.4. The van der Waals surface area contributed by atoms with Crippen molar-refractivity contribution < 1.29 is 23.8 Å². The first-order valence-corrected chi connectivity index (χ1v) is 10.6. The van der Waals surface area contributed by atoms with Crippen molar-refractivity contribution in [3.05, 3.63) is 93.4 Å². The molecule has 2 heterocycles. The summed E-state index contributed by atoms with van der Waals surface area (Å²) in [5.74, 6) is -0.964. The molecule has 2 aromatic carbocycles. The van der Waals surface area contributed by atoms with Gasteiger partial charge in [0.15, 0.2) is 0 Å². The molecule has 6 nitrogen and oxygen atoms in total. The van der Waals surface area contributed by atoms with Crippen LogP contribution in [0, 0.1) is 0 Å². The van der Waals surface area contributed by atoms with E-state index in [2.05, 4.69) is 0 Å². The molecule has 1 aliphatic heterocycles. The average molecular weight is 472 g/mol. The second-order valence-electron chi connectivity index (χ2n) is 7.14. The first kappa shape index (κ1) is 22.0. The number of hydrogen-bond donors (Lipinski definition) is 1. The summed E-state index contributed by atoms with van der Waals surface area (Å²) in [7, 11) is 0. The molecular weight excluding hydrogens is 453 g/mol.